The van der Waals surface area contributed by atoms with Gasteiger partial charge in [0, 0.05) is 0 Å². The smallest absolute Gasteiger partial charge is 0.180 e. The fourth-order valence-corrected chi connectivity index (χ4v) is 0. The fraction of sp³-hybridized carbons (Fsp3) is 1.00. The number of hydrogen-bond acceptors (Lipinski definition) is 2. The normalized spacial score (nSPS) is 7.00. The largest absolute Gasteiger partial charge is 0.274 e. The second-order valence-electron chi connectivity index (χ2n) is 0.247. The molecule has 0 saturated heterocycles. The monoisotopic (exact) mass is 150 g/mol. The number of nitrogens with two attached hydrogens (primary N) is 2. The molecule has 0 atom stereocenters. The van der Waals surface area contributed by atoms with Gasteiger partial charge in [-0.2, -0.15) is 0 Å². The molecule has 0 bridgehead atoms. The van der Waals surface area contributed by atoms with Gasteiger partial charge >= 0.3 is 0 Å². The van der Waals surface area contributed by atoms with E-state index in [1.807, 2.05) is 0 Å². The van der Waals surface area contributed by atoms with Crippen LogP contribution in [-0.2, 0) is 0 Å². The van der Waals surface area contributed by atoms with Crippen molar-refractivity contribution in [1.29, 1.82) is 0 Å². The number of halogens is 3. The van der Waals surface area contributed by atoms with E-state index >= 15 is 0 Å². The van der Waals surface area contributed by atoms with Crippen molar-refractivity contribution >= 4 is 34.8 Å². The van der Waals surface area contributed by atoms with Gasteiger partial charge in [-0.05, 0) is 0 Å². The van der Waals surface area contributed by atoms with Crippen molar-refractivity contribution in [2.45, 2.75) is 4.30 Å². The van der Waals surface area contributed by atoms with E-state index in [2.05, 4.69) is 11.7 Å². The zero-order valence-corrected chi connectivity index (χ0v) is 5.13. The van der Waals surface area contributed by atoms with Crippen molar-refractivity contribution in [1.82, 2.24) is 0 Å². The molecule has 0 aliphatic heterocycles. The van der Waals surface area contributed by atoms with E-state index in [-0.39, 0.29) is 0 Å². The van der Waals surface area contributed by atoms with E-state index in [4.69, 9.17) is 34.8 Å². The van der Waals surface area contributed by atoms with Crippen LogP contribution in [0.2, 0.25) is 0 Å². The topological polar surface area (TPSA) is 52.0 Å². The summed E-state index contributed by atoms with van der Waals surface area (Å²) in [4.78, 5) is 0. The Morgan fingerprint density at radius 3 is 1.00 bits per heavy atom. The molecule has 0 aromatic heterocycles. The van der Waals surface area contributed by atoms with Crippen molar-refractivity contribution < 1.29 is 0 Å². The zero-order valence-electron chi connectivity index (χ0n) is 2.87. The fourth-order valence-electron chi connectivity index (χ4n) is 0. The first-order valence-corrected chi connectivity index (χ1v) is 2.30. The summed E-state index contributed by atoms with van der Waals surface area (Å²) >= 11 is 14.4. The maximum Gasteiger partial charge on any atom is 0.180 e. The third-order valence-corrected chi connectivity index (χ3v) is 0. The second-order valence-corrected chi connectivity index (χ2v) is 2.23. The summed E-state index contributed by atoms with van der Waals surface area (Å²) in [6.45, 7) is 0. The van der Waals surface area contributed by atoms with Crippen LogP contribution in [0.25, 0.3) is 0 Å². The van der Waals surface area contributed by atoms with Crippen LogP contribution in [0.15, 0.2) is 0 Å². The molecule has 0 rings (SSSR count). The Kier molecular flexibility index (Phi) is 15.3. The molecule has 0 heterocycles. The quantitative estimate of drug-likeness (QED) is 0.306. The molecule has 0 saturated carbocycles. The van der Waals surface area contributed by atoms with Crippen molar-refractivity contribution in [2.24, 2.45) is 11.7 Å². The van der Waals surface area contributed by atoms with E-state index in [0.29, 0.717) is 0 Å². The van der Waals surface area contributed by atoms with Crippen LogP contribution in [-0.4, -0.2) is 4.30 Å². The van der Waals surface area contributed by atoms with Crippen molar-refractivity contribution in [2.75, 3.05) is 0 Å². The Hall–Kier alpha value is 0.790. The summed E-state index contributed by atoms with van der Waals surface area (Å²) in [7, 11) is 0. The number of hydrazine groups is 1. The van der Waals surface area contributed by atoms with Crippen LogP contribution < -0.4 is 11.7 Å². The molecule has 5 heteroatoms. The molecule has 0 amide bonds. The molecule has 0 aliphatic rings. The second kappa shape index (κ2) is 9.25. The standard InChI is InChI=1S/CHCl3.H4N2/c2-1(3)4;1-2/h1H;1-2H2. The Labute approximate surface area is 51.3 Å². The summed E-state index contributed by atoms with van der Waals surface area (Å²) in [6, 6.07) is 0. The minimum absolute atomic E-state index is 0.750. The summed E-state index contributed by atoms with van der Waals surface area (Å²) in [5.74, 6) is 8.00. The maximum atomic E-state index is 4.81. The van der Waals surface area contributed by atoms with Crippen LogP contribution in [0.1, 0.15) is 0 Å². The van der Waals surface area contributed by atoms with Gasteiger partial charge in [0.1, 0.15) is 0 Å². The average Bonchev–Trinajstić information content (AvgIpc) is 1.41. The van der Waals surface area contributed by atoms with Crippen molar-refractivity contribution in [3.05, 3.63) is 0 Å². The maximum absolute atomic E-state index is 4.81. The molecule has 0 fully saturated rings. The molecule has 0 aromatic carbocycles. The van der Waals surface area contributed by atoms with Gasteiger partial charge in [0.2, 0.25) is 0 Å². The van der Waals surface area contributed by atoms with E-state index < -0.39 is 4.30 Å². The lowest BCUT2D eigenvalue weighted by Crippen LogP contribution is -2.02. The molecule has 0 aliphatic carbocycles. The third-order valence-electron chi connectivity index (χ3n) is 0. The Bertz CT molecular complexity index is 13.5. The van der Waals surface area contributed by atoms with Crippen LogP contribution in [0.4, 0.5) is 0 Å². The number of alkyl halides is 3. The molecule has 4 N–H and O–H groups in total. The SMILES string of the molecule is ClC(Cl)Cl.NN. The first-order chi connectivity index (χ1) is 2.73. The van der Waals surface area contributed by atoms with Gasteiger partial charge in [0.05, 0.1) is 0 Å². The van der Waals surface area contributed by atoms with Gasteiger partial charge < -0.3 is 0 Å². The van der Waals surface area contributed by atoms with Crippen LogP contribution in [0.5, 0.6) is 0 Å². The van der Waals surface area contributed by atoms with Gasteiger partial charge in [-0.3, -0.25) is 11.7 Å². The molecule has 0 aromatic rings. The molecular formula is CH5Cl3N2. The molecular weight excluding hydrogens is 146 g/mol. The highest BCUT2D eigenvalue weighted by atomic mass is 35.6. The molecule has 0 radical (unpaired) electrons. The zero-order chi connectivity index (χ0) is 5.58. The third kappa shape index (κ3) is 110. The van der Waals surface area contributed by atoms with Gasteiger partial charge in [0.25, 0.3) is 0 Å². The van der Waals surface area contributed by atoms with E-state index in [9.17, 15) is 0 Å². The van der Waals surface area contributed by atoms with Gasteiger partial charge in [-0.15, -0.1) is 0 Å². The lowest BCUT2D eigenvalue weighted by atomic mass is 11.9. The summed E-state index contributed by atoms with van der Waals surface area (Å²) < 4.78 is -0.750. The van der Waals surface area contributed by atoms with Crippen LogP contribution in [0, 0.1) is 0 Å². The minimum atomic E-state index is -0.750. The van der Waals surface area contributed by atoms with E-state index in [0.717, 1.165) is 0 Å². The first-order valence-electron chi connectivity index (χ1n) is 0.988. The Morgan fingerprint density at radius 1 is 1.00 bits per heavy atom. The highest BCUT2D eigenvalue weighted by Crippen LogP contribution is 2.03. The van der Waals surface area contributed by atoms with Crippen molar-refractivity contribution in [3.8, 4) is 0 Å². The summed E-state index contributed by atoms with van der Waals surface area (Å²) in [5, 5.41) is 0. The molecule has 6 heavy (non-hydrogen) atoms. The van der Waals surface area contributed by atoms with E-state index in [1.165, 1.54) is 0 Å². The van der Waals surface area contributed by atoms with Crippen molar-refractivity contribution in [3.63, 3.8) is 0 Å². The average molecular weight is 151 g/mol. The van der Waals surface area contributed by atoms with Gasteiger partial charge in [0.15, 0.2) is 4.30 Å². The Morgan fingerprint density at radius 2 is 1.00 bits per heavy atom. The highest BCUT2D eigenvalue weighted by molar-refractivity contribution is 6.63. The predicted molar refractivity (Wildman–Crippen MR) is 29.7 cm³/mol. The van der Waals surface area contributed by atoms with Crippen LogP contribution in [0.3, 0.4) is 0 Å². The minimum Gasteiger partial charge on any atom is -0.274 e. The summed E-state index contributed by atoms with van der Waals surface area (Å²) in [5.41, 5.74) is 0. The highest BCUT2D eigenvalue weighted by Gasteiger charge is 1.78. The number of rotatable bonds is 0. The molecule has 40 valence electrons. The Balaban J connectivity index is 0. The van der Waals surface area contributed by atoms with Gasteiger partial charge in [-0.1, -0.05) is 34.8 Å². The van der Waals surface area contributed by atoms with Crippen LogP contribution >= 0.6 is 34.8 Å². The first kappa shape index (κ1) is 9.92. The molecule has 2 nitrogen and oxygen atoms in total. The lowest BCUT2D eigenvalue weighted by molar-refractivity contribution is 1.26. The van der Waals surface area contributed by atoms with E-state index in [1.54, 1.807) is 0 Å². The molecule has 0 unspecified atom stereocenters. The molecule has 0 spiro atoms. The predicted octanol–water partition coefficient (Wildman–Crippen LogP) is 0.805. The summed E-state index contributed by atoms with van der Waals surface area (Å²) in [6.07, 6.45) is 0. The lowest BCUT2D eigenvalue weighted by Gasteiger charge is -1.69. The van der Waals surface area contributed by atoms with Gasteiger partial charge in [-0.25, -0.2) is 0 Å². The number of hydrogen-bond donors (Lipinski definition) is 2.